The number of Topliss-reactive ketones (excluding diaryl/α,β-unsaturated/α-hetero) is 1. The van der Waals surface area contributed by atoms with Crippen LogP contribution in [0, 0.1) is 0 Å². The number of nitrogens with zero attached hydrogens (tertiary/aromatic N) is 2. The van der Waals surface area contributed by atoms with Crippen molar-refractivity contribution in [2.75, 3.05) is 6.54 Å². The second kappa shape index (κ2) is 8.04. The van der Waals surface area contributed by atoms with Gasteiger partial charge in [0, 0.05) is 21.7 Å². The third-order valence-electron chi connectivity index (χ3n) is 5.53. The van der Waals surface area contributed by atoms with Gasteiger partial charge in [-0.2, -0.15) is 0 Å². The number of rotatable bonds is 5. The largest absolute Gasteiger partial charge is 0.324 e. The second-order valence-electron chi connectivity index (χ2n) is 7.50. The quantitative estimate of drug-likeness (QED) is 0.383. The highest BCUT2D eigenvalue weighted by Gasteiger charge is 2.21. The molecule has 5 rings (SSSR count). The lowest BCUT2D eigenvalue weighted by Crippen LogP contribution is -2.13. The third kappa shape index (κ3) is 3.47. The molecule has 156 valence electrons. The highest BCUT2D eigenvalue weighted by atomic mass is 35.5. The van der Waals surface area contributed by atoms with Crippen LogP contribution in [-0.2, 0) is 0 Å². The molecule has 5 nitrogen and oxygen atoms in total. The minimum atomic E-state index is -0.242. The maximum Gasteiger partial charge on any atom is 0.209 e. The molecule has 0 radical (unpaired) electrons. The first kappa shape index (κ1) is 20.1. The Morgan fingerprint density at radius 1 is 0.906 bits per heavy atom. The van der Waals surface area contributed by atoms with Crippen LogP contribution in [-0.4, -0.2) is 27.5 Å². The molecular formula is C26H18ClN3O2. The lowest BCUT2D eigenvalue weighted by atomic mass is 10.0. The Kier molecular flexibility index (Phi) is 5.05. The summed E-state index contributed by atoms with van der Waals surface area (Å²) in [6.07, 6.45) is 1.58. The Hall–Kier alpha value is -3.80. The molecule has 0 bridgehead atoms. The van der Waals surface area contributed by atoms with Crippen molar-refractivity contribution in [3.8, 4) is 11.3 Å². The van der Waals surface area contributed by atoms with Crippen molar-refractivity contribution in [1.29, 1.82) is 0 Å². The van der Waals surface area contributed by atoms with Crippen LogP contribution in [0.3, 0.4) is 0 Å². The number of carbonyl (C=O) groups is 2. The zero-order valence-electron chi connectivity index (χ0n) is 17.0. The highest BCUT2D eigenvalue weighted by molar-refractivity contribution is 6.30. The normalized spacial score (nSPS) is 11.2. The van der Waals surface area contributed by atoms with E-state index in [2.05, 4.69) is 17.1 Å². The smallest absolute Gasteiger partial charge is 0.209 e. The molecule has 0 amide bonds. The van der Waals surface area contributed by atoms with Crippen molar-refractivity contribution in [2.24, 2.45) is 5.73 Å². The fraction of sp³-hybridized carbons (Fsp3) is 0.0385. The molecule has 0 aliphatic rings. The average molecular weight is 440 g/mol. The van der Waals surface area contributed by atoms with Crippen LogP contribution in [0.5, 0.6) is 0 Å². The van der Waals surface area contributed by atoms with E-state index in [0.29, 0.717) is 33.1 Å². The fourth-order valence-corrected chi connectivity index (χ4v) is 3.99. The van der Waals surface area contributed by atoms with E-state index in [1.807, 2.05) is 36.4 Å². The van der Waals surface area contributed by atoms with Crippen LogP contribution in [0.15, 0.2) is 85.2 Å². The van der Waals surface area contributed by atoms with Gasteiger partial charge in [-0.15, -0.1) is 0 Å². The van der Waals surface area contributed by atoms with E-state index in [0.717, 1.165) is 16.3 Å². The maximum absolute atomic E-state index is 13.2. The molecule has 0 atom stereocenters. The highest BCUT2D eigenvalue weighted by Crippen LogP contribution is 2.27. The number of halogens is 1. The number of hydrogen-bond donors (Lipinski definition) is 1. The number of ketones is 2. The zero-order valence-corrected chi connectivity index (χ0v) is 17.7. The predicted octanol–water partition coefficient (Wildman–Crippen LogP) is 5.18. The number of aromatic nitrogens is 2. The first-order valence-corrected chi connectivity index (χ1v) is 10.5. The molecule has 0 spiro atoms. The van der Waals surface area contributed by atoms with E-state index >= 15 is 0 Å². The molecule has 2 N–H and O–H groups in total. The fourth-order valence-electron chi connectivity index (χ4n) is 3.86. The van der Waals surface area contributed by atoms with E-state index in [-0.39, 0.29) is 18.1 Å². The van der Waals surface area contributed by atoms with Crippen LogP contribution >= 0.6 is 11.6 Å². The summed E-state index contributed by atoms with van der Waals surface area (Å²) in [5, 5.41) is 2.77. The molecule has 0 aliphatic carbocycles. The van der Waals surface area contributed by atoms with Crippen molar-refractivity contribution < 1.29 is 9.59 Å². The number of carbonyl (C=O) groups excluding carboxylic acids is 2. The van der Waals surface area contributed by atoms with Crippen LogP contribution in [0.2, 0.25) is 5.02 Å². The first-order chi connectivity index (χ1) is 15.5. The number of benzene rings is 3. The molecule has 0 saturated heterocycles. The average Bonchev–Trinajstić information content (AvgIpc) is 3.22. The van der Waals surface area contributed by atoms with Crippen LogP contribution < -0.4 is 5.73 Å². The molecule has 6 heteroatoms. The topological polar surface area (TPSA) is 77.5 Å². The van der Waals surface area contributed by atoms with Gasteiger partial charge in [-0.1, -0.05) is 48.0 Å². The van der Waals surface area contributed by atoms with Crippen molar-refractivity contribution in [2.45, 2.75) is 0 Å². The van der Waals surface area contributed by atoms with E-state index in [1.54, 1.807) is 41.1 Å². The molecule has 0 unspecified atom stereocenters. The molecule has 0 saturated carbocycles. The molecule has 0 aliphatic heterocycles. The van der Waals surface area contributed by atoms with Crippen LogP contribution in [0.25, 0.3) is 27.5 Å². The molecule has 3 aromatic carbocycles. The second-order valence-corrected chi connectivity index (χ2v) is 7.93. The van der Waals surface area contributed by atoms with Crippen molar-refractivity contribution in [1.82, 2.24) is 9.38 Å². The van der Waals surface area contributed by atoms with Crippen molar-refractivity contribution in [3.05, 3.63) is 107 Å². The van der Waals surface area contributed by atoms with Gasteiger partial charge in [-0.3, -0.25) is 14.0 Å². The summed E-state index contributed by atoms with van der Waals surface area (Å²) in [5.74, 6) is -0.471. The SMILES string of the molecule is NCC(=O)c1cc(C(=O)c2ccc(Cl)cc2)n2cnc(-c3ccc4ccccc4c3)cc12. The Bertz CT molecular complexity index is 1500. The van der Waals surface area contributed by atoms with Gasteiger partial charge in [-0.05, 0) is 53.2 Å². The van der Waals surface area contributed by atoms with E-state index < -0.39 is 0 Å². The minimum absolute atomic E-state index is 0.151. The lowest BCUT2D eigenvalue weighted by molar-refractivity contribution is 0.100. The predicted molar refractivity (Wildman–Crippen MR) is 126 cm³/mol. The number of hydrogen-bond acceptors (Lipinski definition) is 4. The lowest BCUT2D eigenvalue weighted by Gasteiger charge is -2.07. The van der Waals surface area contributed by atoms with E-state index in [9.17, 15) is 9.59 Å². The van der Waals surface area contributed by atoms with Gasteiger partial charge < -0.3 is 5.73 Å². The van der Waals surface area contributed by atoms with E-state index in [1.165, 1.54) is 0 Å². The minimum Gasteiger partial charge on any atom is -0.324 e. The number of fused-ring (bicyclic) bond motifs is 2. The maximum atomic E-state index is 13.2. The van der Waals surface area contributed by atoms with Gasteiger partial charge in [0.25, 0.3) is 0 Å². The first-order valence-electron chi connectivity index (χ1n) is 10.1. The Morgan fingerprint density at radius 3 is 2.41 bits per heavy atom. The van der Waals surface area contributed by atoms with Crippen molar-refractivity contribution >= 4 is 39.5 Å². The monoisotopic (exact) mass is 439 g/mol. The number of nitrogens with two attached hydrogens (primary N) is 1. The molecule has 0 fully saturated rings. The Morgan fingerprint density at radius 2 is 1.66 bits per heavy atom. The van der Waals surface area contributed by atoms with Gasteiger partial charge in [0.1, 0.15) is 6.33 Å². The Balaban J connectivity index is 1.66. The van der Waals surface area contributed by atoms with Gasteiger partial charge >= 0.3 is 0 Å². The summed E-state index contributed by atoms with van der Waals surface area (Å²) in [6, 6.07) is 24.2. The molecule has 2 heterocycles. The standard InChI is InChI=1S/C26H18ClN3O2/c27-20-9-7-17(8-10-20)26(32)24-12-21(25(31)14-28)23-13-22(29-15-30(23)24)19-6-5-16-3-1-2-4-18(16)11-19/h1-13,15H,14,28H2. The molecule has 2 aromatic heterocycles. The van der Waals surface area contributed by atoms with Crippen LogP contribution in [0.1, 0.15) is 26.4 Å². The van der Waals surface area contributed by atoms with Crippen molar-refractivity contribution in [3.63, 3.8) is 0 Å². The summed E-state index contributed by atoms with van der Waals surface area (Å²) in [7, 11) is 0. The summed E-state index contributed by atoms with van der Waals surface area (Å²) in [4.78, 5) is 30.3. The zero-order chi connectivity index (χ0) is 22.2. The summed E-state index contributed by atoms with van der Waals surface area (Å²) in [5.41, 5.74) is 9.08. The summed E-state index contributed by atoms with van der Waals surface area (Å²) in [6.45, 7) is -0.151. The molecule has 32 heavy (non-hydrogen) atoms. The van der Waals surface area contributed by atoms with Gasteiger partial charge in [0.05, 0.1) is 23.4 Å². The van der Waals surface area contributed by atoms with Crippen LogP contribution in [0.4, 0.5) is 0 Å². The summed E-state index contributed by atoms with van der Waals surface area (Å²) >= 11 is 5.95. The van der Waals surface area contributed by atoms with Gasteiger partial charge in [0.2, 0.25) is 5.78 Å². The van der Waals surface area contributed by atoms with E-state index in [4.69, 9.17) is 17.3 Å². The van der Waals surface area contributed by atoms with Gasteiger partial charge in [-0.25, -0.2) is 4.98 Å². The van der Waals surface area contributed by atoms with Gasteiger partial charge in [0.15, 0.2) is 5.78 Å². The molecular weight excluding hydrogens is 422 g/mol. The summed E-state index contributed by atoms with van der Waals surface area (Å²) < 4.78 is 1.64. The molecule has 5 aromatic rings. The third-order valence-corrected chi connectivity index (χ3v) is 5.78. The Labute approximate surface area is 189 Å².